The van der Waals surface area contributed by atoms with Crippen molar-refractivity contribution in [1.29, 1.82) is 0 Å². The smallest absolute Gasteiger partial charge is 0.313 e. The maximum Gasteiger partial charge on any atom is 0.313 e. The lowest BCUT2D eigenvalue weighted by Gasteiger charge is -2.22. The highest BCUT2D eigenvalue weighted by Gasteiger charge is 2.27. The topological polar surface area (TPSA) is 78.4 Å². The third-order valence-corrected chi connectivity index (χ3v) is 5.23. The molecule has 1 heterocycles. The molecule has 2 aromatic carbocycles. The van der Waals surface area contributed by atoms with Crippen LogP contribution < -0.4 is 10.6 Å². The molecule has 0 saturated carbocycles. The molecule has 7 heteroatoms. The number of carbonyl (C=O) groups is 2. The van der Waals surface area contributed by atoms with Gasteiger partial charge in [0.1, 0.15) is 11.4 Å². The SMILES string of the molecule is CC(O)(CNC(=O)C(=O)Nc1ccc(F)cc1)c1cc2ccccc2s1. The van der Waals surface area contributed by atoms with Crippen LogP contribution in [0, 0.1) is 5.82 Å². The largest absolute Gasteiger partial charge is 0.383 e. The van der Waals surface area contributed by atoms with Crippen LogP contribution in [0.4, 0.5) is 10.1 Å². The highest BCUT2D eigenvalue weighted by atomic mass is 32.1. The van der Waals surface area contributed by atoms with Gasteiger partial charge in [-0.25, -0.2) is 4.39 Å². The van der Waals surface area contributed by atoms with Gasteiger partial charge >= 0.3 is 11.8 Å². The third-order valence-electron chi connectivity index (χ3n) is 3.86. The first-order chi connectivity index (χ1) is 12.3. The van der Waals surface area contributed by atoms with E-state index in [0.717, 1.165) is 10.1 Å². The molecule has 3 rings (SSSR count). The molecule has 0 aliphatic carbocycles. The van der Waals surface area contributed by atoms with Crippen molar-refractivity contribution in [1.82, 2.24) is 5.32 Å². The van der Waals surface area contributed by atoms with Gasteiger partial charge in [0.15, 0.2) is 0 Å². The average Bonchev–Trinajstić information content (AvgIpc) is 3.07. The van der Waals surface area contributed by atoms with E-state index in [1.54, 1.807) is 6.92 Å². The molecule has 0 aliphatic heterocycles. The summed E-state index contributed by atoms with van der Waals surface area (Å²) < 4.78 is 13.9. The Balaban J connectivity index is 1.61. The summed E-state index contributed by atoms with van der Waals surface area (Å²) in [5.74, 6) is -2.20. The molecule has 3 aromatic rings. The van der Waals surface area contributed by atoms with E-state index in [2.05, 4.69) is 10.6 Å². The highest BCUT2D eigenvalue weighted by molar-refractivity contribution is 7.19. The first kappa shape index (κ1) is 18.0. The number of amides is 2. The number of rotatable bonds is 4. The van der Waals surface area contributed by atoms with E-state index in [4.69, 9.17) is 0 Å². The molecular formula is C19H17FN2O3S. The number of carbonyl (C=O) groups excluding carboxylic acids is 2. The molecule has 0 saturated heterocycles. The zero-order valence-corrected chi connectivity index (χ0v) is 14.8. The summed E-state index contributed by atoms with van der Waals surface area (Å²) in [5, 5.41) is 16.5. The molecule has 0 bridgehead atoms. The molecule has 1 aromatic heterocycles. The van der Waals surface area contributed by atoms with Gasteiger partial charge in [0.2, 0.25) is 0 Å². The molecule has 0 radical (unpaired) electrons. The number of hydrogen-bond acceptors (Lipinski definition) is 4. The van der Waals surface area contributed by atoms with Gasteiger partial charge in [-0.2, -0.15) is 0 Å². The first-order valence-electron chi connectivity index (χ1n) is 7.91. The van der Waals surface area contributed by atoms with Crippen molar-refractivity contribution in [2.75, 3.05) is 11.9 Å². The Bertz CT molecular complexity index is 918. The second-order valence-electron chi connectivity index (χ2n) is 6.07. The van der Waals surface area contributed by atoms with Crippen molar-refractivity contribution >= 4 is 38.9 Å². The van der Waals surface area contributed by atoms with Crippen LogP contribution in [0.5, 0.6) is 0 Å². The number of halogens is 1. The fraction of sp³-hybridized carbons (Fsp3) is 0.158. The highest BCUT2D eigenvalue weighted by Crippen LogP contribution is 2.32. The predicted molar refractivity (Wildman–Crippen MR) is 99.4 cm³/mol. The summed E-state index contributed by atoms with van der Waals surface area (Å²) in [5.41, 5.74) is -1.00. The number of benzene rings is 2. The molecule has 2 amide bonds. The Hall–Kier alpha value is -2.77. The van der Waals surface area contributed by atoms with E-state index < -0.39 is 23.2 Å². The van der Waals surface area contributed by atoms with Gasteiger partial charge in [-0.1, -0.05) is 18.2 Å². The zero-order chi connectivity index (χ0) is 18.7. The minimum atomic E-state index is -1.31. The molecule has 5 nitrogen and oxygen atoms in total. The van der Waals surface area contributed by atoms with E-state index >= 15 is 0 Å². The van der Waals surface area contributed by atoms with Crippen molar-refractivity contribution in [3.63, 3.8) is 0 Å². The predicted octanol–water partition coefficient (Wildman–Crippen LogP) is 3.00. The van der Waals surface area contributed by atoms with E-state index in [-0.39, 0.29) is 6.54 Å². The van der Waals surface area contributed by atoms with Gasteiger partial charge in [-0.15, -0.1) is 11.3 Å². The summed E-state index contributed by atoms with van der Waals surface area (Å²) in [7, 11) is 0. The first-order valence-corrected chi connectivity index (χ1v) is 8.73. The number of anilines is 1. The summed E-state index contributed by atoms with van der Waals surface area (Å²) in [6.45, 7) is 1.46. The van der Waals surface area contributed by atoms with Crippen molar-refractivity contribution in [2.45, 2.75) is 12.5 Å². The average molecular weight is 372 g/mol. The van der Waals surface area contributed by atoms with Gasteiger partial charge < -0.3 is 15.7 Å². The number of fused-ring (bicyclic) bond motifs is 1. The lowest BCUT2D eigenvalue weighted by atomic mass is 10.0. The second kappa shape index (κ2) is 7.23. The summed E-state index contributed by atoms with van der Waals surface area (Å²) in [4.78, 5) is 24.5. The van der Waals surface area contributed by atoms with Gasteiger partial charge in [0, 0.05) is 15.3 Å². The van der Waals surface area contributed by atoms with Crippen LogP contribution in [-0.4, -0.2) is 23.5 Å². The van der Waals surface area contributed by atoms with E-state index in [0.29, 0.717) is 10.6 Å². The molecule has 0 spiro atoms. The van der Waals surface area contributed by atoms with Gasteiger partial charge in [0.05, 0.1) is 6.54 Å². The molecule has 134 valence electrons. The quantitative estimate of drug-likeness (QED) is 0.616. The standard InChI is InChI=1S/C19H17FN2O3S/c1-19(25,16-10-12-4-2-3-5-15(12)26-16)11-21-17(23)18(24)22-14-8-6-13(20)7-9-14/h2-10,25H,11H2,1H3,(H,21,23)(H,22,24). The van der Waals surface area contributed by atoms with E-state index in [1.165, 1.54) is 35.6 Å². The minimum Gasteiger partial charge on any atom is -0.383 e. The second-order valence-corrected chi connectivity index (χ2v) is 7.15. The van der Waals surface area contributed by atoms with Crippen LogP contribution in [0.2, 0.25) is 0 Å². The Labute approximate surface area is 153 Å². The van der Waals surface area contributed by atoms with E-state index in [9.17, 15) is 19.1 Å². The number of aliphatic hydroxyl groups is 1. The molecule has 26 heavy (non-hydrogen) atoms. The number of thiophene rings is 1. The van der Waals surface area contributed by atoms with Crippen molar-refractivity contribution < 1.29 is 19.1 Å². The van der Waals surface area contributed by atoms with Crippen molar-refractivity contribution in [3.05, 3.63) is 65.3 Å². The zero-order valence-electron chi connectivity index (χ0n) is 14.0. The fourth-order valence-corrected chi connectivity index (χ4v) is 3.49. The van der Waals surface area contributed by atoms with Gasteiger partial charge in [-0.3, -0.25) is 9.59 Å². The molecule has 3 N–H and O–H groups in total. The Morgan fingerprint density at radius 2 is 1.81 bits per heavy atom. The third kappa shape index (κ3) is 4.07. The lowest BCUT2D eigenvalue weighted by Crippen LogP contribution is -2.42. The lowest BCUT2D eigenvalue weighted by molar-refractivity contribution is -0.136. The minimum absolute atomic E-state index is 0.116. The number of hydrogen-bond donors (Lipinski definition) is 3. The maximum absolute atomic E-state index is 12.9. The maximum atomic E-state index is 12.9. The van der Waals surface area contributed by atoms with Crippen LogP contribution in [0.3, 0.4) is 0 Å². The Morgan fingerprint density at radius 3 is 2.50 bits per heavy atom. The van der Waals surface area contributed by atoms with Crippen LogP contribution in [-0.2, 0) is 15.2 Å². The van der Waals surface area contributed by atoms with E-state index in [1.807, 2.05) is 30.3 Å². The Morgan fingerprint density at radius 1 is 1.12 bits per heavy atom. The molecule has 1 atom stereocenters. The van der Waals surface area contributed by atoms with Crippen LogP contribution in [0.1, 0.15) is 11.8 Å². The number of nitrogens with one attached hydrogen (secondary N) is 2. The summed E-state index contributed by atoms with van der Waals surface area (Å²) >= 11 is 1.43. The summed E-state index contributed by atoms with van der Waals surface area (Å²) in [6.07, 6.45) is 0. The normalized spacial score (nSPS) is 13.2. The van der Waals surface area contributed by atoms with Crippen molar-refractivity contribution in [3.8, 4) is 0 Å². The fourth-order valence-electron chi connectivity index (χ4n) is 2.39. The Kier molecular flexibility index (Phi) is 5.01. The van der Waals surface area contributed by atoms with Gasteiger partial charge in [0.25, 0.3) is 0 Å². The van der Waals surface area contributed by atoms with Crippen LogP contribution >= 0.6 is 11.3 Å². The monoisotopic (exact) mass is 372 g/mol. The molecule has 0 fully saturated rings. The van der Waals surface area contributed by atoms with Crippen LogP contribution in [0.25, 0.3) is 10.1 Å². The summed E-state index contributed by atoms with van der Waals surface area (Å²) in [6, 6.07) is 14.7. The molecular weight excluding hydrogens is 355 g/mol. The van der Waals surface area contributed by atoms with Crippen molar-refractivity contribution in [2.24, 2.45) is 0 Å². The van der Waals surface area contributed by atoms with Gasteiger partial charge in [-0.05, 0) is 48.7 Å². The van der Waals surface area contributed by atoms with Crippen LogP contribution in [0.15, 0.2) is 54.6 Å². The molecule has 0 aliphatic rings. The molecule has 1 unspecified atom stereocenters.